The first kappa shape index (κ1) is 25.1. The fourth-order valence-corrected chi connectivity index (χ4v) is 5.23. The molecule has 0 radical (unpaired) electrons. The minimum Gasteiger partial charge on any atom is -0.332 e. The van der Waals surface area contributed by atoms with Crippen LogP contribution < -0.4 is 10.3 Å². The van der Waals surface area contributed by atoms with E-state index in [0.717, 1.165) is 10.5 Å². The van der Waals surface area contributed by atoms with Crippen LogP contribution in [0.3, 0.4) is 0 Å². The Morgan fingerprint density at radius 2 is 1.84 bits per heavy atom. The molecule has 2 aliphatic heterocycles. The molecule has 2 amide bonds. The van der Waals surface area contributed by atoms with Crippen molar-refractivity contribution < 1.29 is 31.7 Å². The van der Waals surface area contributed by atoms with E-state index in [-0.39, 0.29) is 37.3 Å². The topological polar surface area (TPSA) is 87.8 Å². The maximum atomic E-state index is 13.5. The van der Waals surface area contributed by atoms with Crippen molar-refractivity contribution in [2.24, 2.45) is 5.73 Å². The van der Waals surface area contributed by atoms with Crippen molar-refractivity contribution in [3.63, 3.8) is 0 Å². The molecule has 2 N–H and O–H groups in total. The molecule has 0 saturated carbocycles. The number of halogens is 4. The predicted molar refractivity (Wildman–Crippen MR) is 125 cm³/mol. The lowest BCUT2D eigenvalue weighted by atomic mass is 9.98. The summed E-state index contributed by atoms with van der Waals surface area (Å²) in [4.78, 5) is 29.0. The number of amides is 2. The molecule has 2 unspecified atom stereocenters. The highest BCUT2D eigenvalue weighted by Crippen LogP contribution is 2.36. The maximum absolute atomic E-state index is 13.5. The Kier molecular flexibility index (Phi) is 5.42. The van der Waals surface area contributed by atoms with Crippen LogP contribution in [0.5, 0.6) is 0 Å². The van der Waals surface area contributed by atoms with E-state index in [9.17, 15) is 27.2 Å². The molecular weight excluding hydrogens is 492 g/mol. The van der Waals surface area contributed by atoms with Crippen LogP contribution in [0.25, 0.3) is 16.9 Å². The molecule has 1 aromatic carbocycles. The third-order valence-corrected chi connectivity index (χ3v) is 7.37. The summed E-state index contributed by atoms with van der Waals surface area (Å²) in [5.74, 6) is -1.95. The van der Waals surface area contributed by atoms with Gasteiger partial charge in [0.25, 0.3) is 5.91 Å². The predicted octanol–water partition coefficient (Wildman–Crippen LogP) is 2.80. The van der Waals surface area contributed by atoms with Gasteiger partial charge in [0.05, 0.1) is 6.54 Å². The minimum atomic E-state index is -4.93. The first-order valence-electron chi connectivity index (χ1n) is 11.9. The molecule has 0 spiro atoms. The lowest BCUT2D eigenvalue weighted by Gasteiger charge is -2.44. The second-order valence-corrected chi connectivity index (χ2v) is 10.4. The number of imidazole rings is 1. The van der Waals surface area contributed by atoms with E-state index in [0.29, 0.717) is 29.5 Å². The SMILES string of the molecule is CC(C)c1cc(-c2ccc(F)cc2)nn2cc3[n+](c12)C1(C)CN(C(=O)C(C)(N)C(F)(F)F)CCN1C3=O. The fraction of sp³-hybridized carbons (Fsp3) is 0.440. The van der Waals surface area contributed by atoms with Crippen molar-refractivity contribution >= 4 is 17.5 Å². The average molecular weight is 520 g/mol. The molecule has 1 saturated heterocycles. The van der Waals surface area contributed by atoms with Crippen LogP contribution in [0.4, 0.5) is 17.6 Å². The van der Waals surface area contributed by atoms with Crippen LogP contribution in [0.1, 0.15) is 49.7 Å². The van der Waals surface area contributed by atoms with Gasteiger partial charge in [0.15, 0.2) is 11.7 Å². The van der Waals surface area contributed by atoms with E-state index < -0.39 is 23.3 Å². The molecule has 2 aromatic heterocycles. The summed E-state index contributed by atoms with van der Waals surface area (Å²) >= 11 is 0. The molecule has 4 heterocycles. The number of hydrogen-bond donors (Lipinski definition) is 1. The number of aromatic nitrogens is 3. The Morgan fingerprint density at radius 3 is 2.43 bits per heavy atom. The summed E-state index contributed by atoms with van der Waals surface area (Å²) in [6, 6.07) is 7.76. The van der Waals surface area contributed by atoms with Gasteiger partial charge < -0.3 is 10.6 Å². The first-order valence-corrected chi connectivity index (χ1v) is 11.9. The summed E-state index contributed by atoms with van der Waals surface area (Å²) in [6.07, 6.45) is -3.34. The number of nitrogens with two attached hydrogens (primary N) is 1. The highest BCUT2D eigenvalue weighted by Gasteiger charge is 2.61. The number of carbonyl (C=O) groups is 2. The monoisotopic (exact) mass is 519 g/mol. The standard InChI is InChI=1S/C25H27F4N6O2/c1-14(2)17-11-18(15-5-7-16(26)8-6-15)31-34-12-19-21(36)33-10-9-32(13-23(33,3)35(19)20(17)34)22(37)24(4,30)25(27,28)29/h5-8,11-12,14H,9-10,13,30H2,1-4H3/q+1. The third-order valence-electron chi connectivity index (χ3n) is 7.37. The molecule has 0 aliphatic carbocycles. The van der Waals surface area contributed by atoms with Gasteiger partial charge in [-0.3, -0.25) is 14.5 Å². The minimum absolute atomic E-state index is 0.0251. The van der Waals surface area contributed by atoms with E-state index in [4.69, 9.17) is 5.73 Å². The number of fused-ring (bicyclic) bond motifs is 5. The molecule has 3 aromatic rings. The van der Waals surface area contributed by atoms with Crippen LogP contribution >= 0.6 is 0 Å². The number of alkyl halides is 3. The van der Waals surface area contributed by atoms with Gasteiger partial charge in [-0.25, -0.2) is 4.39 Å². The van der Waals surface area contributed by atoms with E-state index in [1.807, 2.05) is 19.9 Å². The van der Waals surface area contributed by atoms with Gasteiger partial charge in [-0.05, 0) is 43.2 Å². The summed E-state index contributed by atoms with van der Waals surface area (Å²) in [7, 11) is 0. The molecule has 2 atom stereocenters. The van der Waals surface area contributed by atoms with Crippen LogP contribution in [-0.4, -0.2) is 62.6 Å². The Morgan fingerprint density at radius 1 is 1.19 bits per heavy atom. The van der Waals surface area contributed by atoms with E-state index in [1.54, 1.807) is 39.2 Å². The summed E-state index contributed by atoms with van der Waals surface area (Å²) in [6.45, 7) is 6.15. The zero-order chi connectivity index (χ0) is 27.1. The molecule has 12 heteroatoms. The van der Waals surface area contributed by atoms with Crippen molar-refractivity contribution in [3.8, 4) is 11.3 Å². The van der Waals surface area contributed by atoms with Crippen molar-refractivity contribution in [2.75, 3.05) is 19.6 Å². The molecule has 2 aliphatic rings. The highest BCUT2D eigenvalue weighted by atomic mass is 19.4. The Bertz CT molecular complexity index is 1430. The average Bonchev–Trinajstić information content (AvgIpc) is 3.31. The summed E-state index contributed by atoms with van der Waals surface area (Å²) in [5, 5.41) is 4.66. The maximum Gasteiger partial charge on any atom is 0.415 e. The second-order valence-electron chi connectivity index (χ2n) is 10.4. The Labute approximate surface area is 210 Å². The van der Waals surface area contributed by atoms with Gasteiger partial charge in [0.1, 0.15) is 11.5 Å². The van der Waals surface area contributed by atoms with E-state index >= 15 is 0 Å². The van der Waals surface area contributed by atoms with Crippen molar-refractivity contribution in [1.82, 2.24) is 19.4 Å². The van der Waals surface area contributed by atoms with Crippen molar-refractivity contribution in [2.45, 2.75) is 51.0 Å². The quantitative estimate of drug-likeness (QED) is 0.426. The van der Waals surface area contributed by atoms with Crippen molar-refractivity contribution in [1.29, 1.82) is 0 Å². The number of hydrogen-bond acceptors (Lipinski definition) is 4. The van der Waals surface area contributed by atoms with Gasteiger partial charge in [-0.2, -0.15) is 17.7 Å². The van der Waals surface area contributed by atoms with E-state index in [1.165, 1.54) is 12.1 Å². The molecule has 8 nitrogen and oxygen atoms in total. The number of carbonyl (C=O) groups excluding carboxylic acids is 2. The fourth-order valence-electron chi connectivity index (χ4n) is 5.23. The number of piperazine rings is 1. The van der Waals surface area contributed by atoms with Crippen molar-refractivity contribution in [3.05, 3.63) is 53.6 Å². The molecule has 0 bridgehead atoms. The smallest absolute Gasteiger partial charge is 0.332 e. The molecule has 5 rings (SSSR count). The number of benzene rings is 1. The third kappa shape index (κ3) is 3.60. The Hall–Kier alpha value is -3.54. The molecule has 196 valence electrons. The van der Waals surface area contributed by atoms with Crippen LogP contribution in [0.2, 0.25) is 0 Å². The van der Waals surface area contributed by atoms with Gasteiger partial charge in [-0.15, -0.1) is 0 Å². The van der Waals surface area contributed by atoms with Crippen LogP contribution in [0.15, 0.2) is 36.5 Å². The van der Waals surface area contributed by atoms with Gasteiger partial charge >= 0.3 is 17.7 Å². The van der Waals surface area contributed by atoms with Gasteiger partial charge in [-0.1, -0.05) is 23.5 Å². The lowest BCUT2D eigenvalue weighted by Crippen LogP contribution is -2.72. The van der Waals surface area contributed by atoms with Crippen LogP contribution in [0, 0.1) is 5.82 Å². The van der Waals surface area contributed by atoms with Crippen LogP contribution in [-0.2, 0) is 10.5 Å². The molecule has 1 fully saturated rings. The zero-order valence-electron chi connectivity index (χ0n) is 20.8. The molecule has 37 heavy (non-hydrogen) atoms. The number of nitrogens with zero attached hydrogens (tertiary/aromatic N) is 5. The van der Waals surface area contributed by atoms with Gasteiger partial charge in [0, 0.05) is 31.1 Å². The second kappa shape index (κ2) is 7.98. The summed E-state index contributed by atoms with van der Waals surface area (Å²) in [5.41, 5.74) is 4.23. The lowest BCUT2D eigenvalue weighted by molar-refractivity contribution is -0.749. The Balaban J connectivity index is 1.64. The van der Waals surface area contributed by atoms with E-state index in [2.05, 4.69) is 5.10 Å². The summed E-state index contributed by atoms with van der Waals surface area (Å²) < 4.78 is 57.4. The first-order chi connectivity index (χ1) is 17.2. The molecular formula is C25H27F4N6O2+. The van der Waals surface area contributed by atoms with Gasteiger partial charge in [0.2, 0.25) is 11.4 Å². The zero-order valence-corrected chi connectivity index (χ0v) is 20.8. The normalized spacial score (nSPS) is 21.4. The number of rotatable bonds is 3. The highest BCUT2D eigenvalue weighted by molar-refractivity contribution is 5.93. The largest absolute Gasteiger partial charge is 0.415 e.